The van der Waals surface area contributed by atoms with Crippen LogP contribution in [-0.2, 0) is 9.47 Å². The maximum absolute atomic E-state index is 12.7. The smallest absolute Gasteiger partial charge is 0.338 e. The summed E-state index contributed by atoms with van der Waals surface area (Å²) in [5.41, 5.74) is 2.71. The lowest BCUT2D eigenvalue weighted by Gasteiger charge is -2.14. The minimum atomic E-state index is -0.371. The molecule has 0 bridgehead atoms. The summed E-state index contributed by atoms with van der Waals surface area (Å²) in [6.45, 7) is 5.23. The molecule has 0 spiro atoms. The van der Waals surface area contributed by atoms with Gasteiger partial charge in [0, 0.05) is 17.9 Å². The van der Waals surface area contributed by atoms with Crippen LogP contribution in [0.5, 0.6) is 0 Å². The molecule has 7 heteroatoms. The molecule has 1 unspecified atom stereocenters. The number of benzene rings is 2. The molecule has 1 heterocycles. The van der Waals surface area contributed by atoms with E-state index in [4.69, 9.17) is 9.47 Å². The minimum absolute atomic E-state index is 0.0591. The van der Waals surface area contributed by atoms with Crippen LogP contribution >= 0.6 is 0 Å². The second-order valence-corrected chi connectivity index (χ2v) is 7.07. The second-order valence-electron chi connectivity index (χ2n) is 7.07. The van der Waals surface area contributed by atoms with Crippen molar-refractivity contribution in [3.63, 3.8) is 0 Å². The van der Waals surface area contributed by atoms with Gasteiger partial charge >= 0.3 is 5.97 Å². The molecule has 0 aromatic heterocycles. The molecule has 1 saturated heterocycles. The first-order valence-corrected chi connectivity index (χ1v) is 10.1. The summed E-state index contributed by atoms with van der Waals surface area (Å²) in [6.07, 6.45) is 2.04. The molecular formula is C23H27N3O4. The first kappa shape index (κ1) is 21.5. The Morgan fingerprint density at radius 1 is 1.17 bits per heavy atom. The van der Waals surface area contributed by atoms with Crippen molar-refractivity contribution in [1.29, 1.82) is 0 Å². The summed E-state index contributed by atoms with van der Waals surface area (Å²) >= 11 is 0. The van der Waals surface area contributed by atoms with Gasteiger partial charge in [-0.3, -0.25) is 10.1 Å². The molecule has 2 aromatic carbocycles. The molecule has 1 aliphatic heterocycles. The van der Waals surface area contributed by atoms with Gasteiger partial charge in [-0.25, -0.2) is 9.79 Å². The number of hydrogen-bond donors (Lipinski definition) is 2. The number of carbonyl (C=O) groups is 2. The predicted molar refractivity (Wildman–Crippen MR) is 116 cm³/mol. The van der Waals surface area contributed by atoms with Gasteiger partial charge in [0.1, 0.15) is 0 Å². The quantitative estimate of drug-likeness (QED) is 0.433. The third-order valence-electron chi connectivity index (χ3n) is 4.65. The number of aliphatic imine (C=N–C) groups is 1. The number of hydrogen-bond acceptors (Lipinski definition) is 5. The number of esters is 1. The molecule has 1 atom stereocenters. The zero-order chi connectivity index (χ0) is 21.3. The fourth-order valence-electron chi connectivity index (χ4n) is 3.10. The summed E-state index contributed by atoms with van der Waals surface area (Å²) in [4.78, 5) is 29.0. The van der Waals surface area contributed by atoms with Gasteiger partial charge in [-0.05, 0) is 63.1 Å². The minimum Gasteiger partial charge on any atom is -0.462 e. The molecule has 1 amide bonds. The van der Waals surface area contributed by atoms with Gasteiger partial charge in [0.15, 0.2) is 0 Å². The summed E-state index contributed by atoms with van der Waals surface area (Å²) in [5.74, 6) is -0.287. The van der Waals surface area contributed by atoms with E-state index in [0.29, 0.717) is 35.9 Å². The number of nitrogens with zero attached hydrogens (tertiary/aromatic N) is 1. The molecule has 2 aromatic rings. The summed E-state index contributed by atoms with van der Waals surface area (Å²) in [5, 5.41) is 5.97. The Bertz CT molecular complexity index is 903. The van der Waals surface area contributed by atoms with Crippen LogP contribution in [0.15, 0.2) is 53.5 Å². The van der Waals surface area contributed by atoms with Gasteiger partial charge < -0.3 is 14.8 Å². The first-order valence-electron chi connectivity index (χ1n) is 10.1. The van der Waals surface area contributed by atoms with Gasteiger partial charge in [0.25, 0.3) is 5.91 Å². The SMILES string of the molecule is CCOC(=O)c1ccc(NC(=NCC2CCCO2)NC(=O)c2cccc(C)c2)cc1. The fraction of sp³-hybridized carbons (Fsp3) is 0.348. The van der Waals surface area contributed by atoms with E-state index < -0.39 is 0 Å². The molecule has 1 aliphatic rings. The number of anilines is 1. The monoisotopic (exact) mass is 409 g/mol. The molecule has 0 saturated carbocycles. The summed E-state index contributed by atoms with van der Waals surface area (Å²) < 4.78 is 10.6. The molecule has 158 valence electrons. The lowest BCUT2D eigenvalue weighted by Crippen LogP contribution is -2.36. The molecular weight excluding hydrogens is 382 g/mol. The van der Waals surface area contributed by atoms with Crippen molar-refractivity contribution < 1.29 is 19.1 Å². The molecule has 3 rings (SSSR count). The van der Waals surface area contributed by atoms with Crippen molar-refractivity contribution in [1.82, 2.24) is 5.32 Å². The van der Waals surface area contributed by atoms with Crippen LogP contribution in [0, 0.1) is 6.92 Å². The number of rotatable bonds is 6. The topological polar surface area (TPSA) is 89.0 Å². The van der Waals surface area contributed by atoms with E-state index in [0.717, 1.165) is 25.0 Å². The highest BCUT2D eigenvalue weighted by Crippen LogP contribution is 2.13. The van der Waals surface area contributed by atoms with Gasteiger partial charge in [0.2, 0.25) is 5.96 Å². The summed E-state index contributed by atoms with van der Waals surface area (Å²) in [7, 11) is 0. The van der Waals surface area contributed by atoms with Crippen molar-refractivity contribution in [3.05, 3.63) is 65.2 Å². The van der Waals surface area contributed by atoms with E-state index in [-0.39, 0.29) is 18.0 Å². The number of carbonyl (C=O) groups excluding carboxylic acids is 2. The standard InChI is InChI=1S/C23H27N3O4/c1-3-29-22(28)17-9-11-19(12-10-17)25-23(24-15-20-8-5-13-30-20)26-21(27)18-7-4-6-16(2)14-18/h4,6-7,9-12,14,20H,3,5,8,13,15H2,1-2H3,(H2,24,25,26,27). The molecule has 0 radical (unpaired) electrons. The lowest BCUT2D eigenvalue weighted by atomic mass is 10.1. The van der Waals surface area contributed by atoms with Crippen LogP contribution in [0.3, 0.4) is 0 Å². The van der Waals surface area contributed by atoms with Gasteiger partial charge in [-0.1, -0.05) is 17.7 Å². The van der Waals surface area contributed by atoms with Crippen LogP contribution in [0.25, 0.3) is 0 Å². The Morgan fingerprint density at radius 2 is 1.97 bits per heavy atom. The molecule has 2 N–H and O–H groups in total. The first-order chi connectivity index (χ1) is 14.5. The zero-order valence-electron chi connectivity index (χ0n) is 17.3. The van der Waals surface area contributed by atoms with E-state index in [1.165, 1.54) is 0 Å². The van der Waals surface area contributed by atoms with E-state index in [1.807, 2.05) is 25.1 Å². The second kappa shape index (κ2) is 10.5. The van der Waals surface area contributed by atoms with Gasteiger partial charge in [-0.15, -0.1) is 0 Å². The van der Waals surface area contributed by atoms with E-state index >= 15 is 0 Å². The molecule has 1 fully saturated rings. The van der Waals surface area contributed by atoms with Crippen LogP contribution < -0.4 is 10.6 Å². The lowest BCUT2D eigenvalue weighted by molar-refractivity contribution is 0.0526. The van der Waals surface area contributed by atoms with Crippen molar-refractivity contribution in [3.8, 4) is 0 Å². The Hall–Kier alpha value is -3.19. The van der Waals surface area contributed by atoms with E-state index in [2.05, 4.69) is 15.6 Å². The summed E-state index contributed by atoms with van der Waals surface area (Å²) in [6, 6.07) is 14.2. The highest BCUT2D eigenvalue weighted by Gasteiger charge is 2.16. The van der Waals surface area contributed by atoms with Crippen molar-refractivity contribution in [2.24, 2.45) is 4.99 Å². The maximum atomic E-state index is 12.7. The largest absolute Gasteiger partial charge is 0.462 e. The van der Waals surface area contributed by atoms with Crippen LogP contribution in [0.2, 0.25) is 0 Å². The fourth-order valence-corrected chi connectivity index (χ4v) is 3.10. The molecule has 7 nitrogen and oxygen atoms in total. The number of nitrogens with one attached hydrogen (secondary N) is 2. The van der Waals surface area contributed by atoms with Gasteiger partial charge in [-0.2, -0.15) is 0 Å². The average molecular weight is 409 g/mol. The Balaban J connectivity index is 1.72. The number of guanidine groups is 1. The Kier molecular flexibility index (Phi) is 7.57. The Labute approximate surface area is 176 Å². The van der Waals surface area contributed by atoms with Crippen molar-refractivity contribution in [2.45, 2.75) is 32.8 Å². The van der Waals surface area contributed by atoms with Crippen molar-refractivity contribution in [2.75, 3.05) is 25.1 Å². The Morgan fingerprint density at radius 3 is 2.63 bits per heavy atom. The third kappa shape index (κ3) is 6.15. The number of amides is 1. The van der Waals surface area contributed by atoms with Crippen LogP contribution in [-0.4, -0.2) is 43.7 Å². The predicted octanol–water partition coefficient (Wildman–Crippen LogP) is 3.55. The third-order valence-corrected chi connectivity index (χ3v) is 4.65. The maximum Gasteiger partial charge on any atom is 0.338 e. The average Bonchev–Trinajstić information content (AvgIpc) is 3.26. The number of aryl methyl sites for hydroxylation is 1. The number of ether oxygens (including phenoxy) is 2. The highest BCUT2D eigenvalue weighted by atomic mass is 16.5. The zero-order valence-corrected chi connectivity index (χ0v) is 17.3. The van der Waals surface area contributed by atoms with Gasteiger partial charge in [0.05, 0.1) is 24.8 Å². The van der Waals surface area contributed by atoms with E-state index in [9.17, 15) is 9.59 Å². The van der Waals surface area contributed by atoms with Crippen molar-refractivity contribution >= 4 is 23.5 Å². The molecule has 30 heavy (non-hydrogen) atoms. The van der Waals surface area contributed by atoms with E-state index in [1.54, 1.807) is 37.3 Å². The highest BCUT2D eigenvalue weighted by molar-refractivity contribution is 6.10. The van der Waals surface area contributed by atoms with Crippen LogP contribution in [0.4, 0.5) is 5.69 Å². The molecule has 0 aliphatic carbocycles. The normalized spacial score (nSPS) is 16.2. The van der Waals surface area contributed by atoms with Crippen LogP contribution in [0.1, 0.15) is 46.0 Å².